The first kappa shape index (κ1) is 13.4. The quantitative estimate of drug-likeness (QED) is 0.630. The minimum atomic E-state index is 0.543. The highest BCUT2D eigenvalue weighted by Crippen LogP contribution is 2.23. The van der Waals surface area contributed by atoms with Crippen molar-refractivity contribution in [1.82, 2.24) is 29.4 Å². The van der Waals surface area contributed by atoms with Crippen molar-refractivity contribution in [1.29, 1.82) is 0 Å². The summed E-state index contributed by atoms with van der Waals surface area (Å²) in [5.74, 6) is 2.07. The van der Waals surface area contributed by atoms with Crippen LogP contribution in [0.5, 0.6) is 0 Å². The summed E-state index contributed by atoms with van der Waals surface area (Å²) in [4.78, 5) is 8.76. The Morgan fingerprint density at radius 1 is 1.09 bits per heavy atom. The van der Waals surface area contributed by atoms with E-state index in [2.05, 4.69) is 25.5 Å². The third kappa shape index (κ3) is 2.42. The molecule has 3 heterocycles. The van der Waals surface area contributed by atoms with Crippen LogP contribution in [0.4, 0.5) is 11.6 Å². The number of nitrogens with one attached hydrogen (secondary N) is 1. The molecule has 0 saturated carbocycles. The van der Waals surface area contributed by atoms with E-state index < -0.39 is 0 Å². The normalized spacial score (nSPS) is 11.0. The van der Waals surface area contributed by atoms with Gasteiger partial charge in [0.1, 0.15) is 12.1 Å². The van der Waals surface area contributed by atoms with Gasteiger partial charge in [0.25, 0.3) is 5.78 Å². The average Bonchev–Trinajstić information content (AvgIpc) is 3.15. The average molecular weight is 305 g/mol. The number of hydrogen-bond donors (Lipinski definition) is 1. The minimum absolute atomic E-state index is 0.543. The van der Waals surface area contributed by atoms with Gasteiger partial charge in [-0.05, 0) is 6.92 Å². The lowest BCUT2D eigenvalue weighted by Crippen LogP contribution is -2.03. The Kier molecular flexibility index (Phi) is 3.04. The van der Waals surface area contributed by atoms with Crippen LogP contribution in [0, 0.1) is 6.92 Å². The lowest BCUT2D eigenvalue weighted by molar-refractivity contribution is 0.742. The fourth-order valence-electron chi connectivity index (χ4n) is 2.41. The lowest BCUT2D eigenvalue weighted by Gasteiger charge is -2.08. The van der Waals surface area contributed by atoms with E-state index in [0.29, 0.717) is 5.78 Å². The Balaban J connectivity index is 1.83. The van der Waals surface area contributed by atoms with Gasteiger partial charge >= 0.3 is 0 Å². The molecule has 4 rings (SSSR count). The van der Waals surface area contributed by atoms with Gasteiger partial charge in [-0.25, -0.2) is 4.98 Å². The van der Waals surface area contributed by atoms with Crippen molar-refractivity contribution in [2.24, 2.45) is 7.05 Å². The molecule has 1 N–H and O–H groups in total. The molecule has 23 heavy (non-hydrogen) atoms. The van der Waals surface area contributed by atoms with Gasteiger partial charge in [0.2, 0.25) is 0 Å². The van der Waals surface area contributed by atoms with E-state index in [4.69, 9.17) is 0 Å². The molecule has 4 aromatic rings. The van der Waals surface area contributed by atoms with Gasteiger partial charge in [0, 0.05) is 30.4 Å². The van der Waals surface area contributed by atoms with Gasteiger partial charge in [0.15, 0.2) is 5.82 Å². The number of hydrogen-bond acceptors (Lipinski definition) is 5. The third-order valence-electron chi connectivity index (χ3n) is 3.69. The van der Waals surface area contributed by atoms with Crippen LogP contribution in [-0.4, -0.2) is 29.4 Å². The molecule has 7 nitrogen and oxygen atoms in total. The van der Waals surface area contributed by atoms with Crippen molar-refractivity contribution in [3.63, 3.8) is 0 Å². The summed E-state index contributed by atoms with van der Waals surface area (Å²) in [7, 11) is 1.91. The molecule has 114 valence electrons. The molecule has 0 radical (unpaired) electrons. The molecule has 0 atom stereocenters. The molecular formula is C16H15N7. The molecule has 0 amide bonds. The summed E-state index contributed by atoms with van der Waals surface area (Å²) in [6, 6.07) is 13.9. The summed E-state index contributed by atoms with van der Waals surface area (Å²) in [5.41, 5.74) is 2.93. The van der Waals surface area contributed by atoms with Gasteiger partial charge < -0.3 is 5.32 Å². The van der Waals surface area contributed by atoms with Crippen LogP contribution in [0.2, 0.25) is 0 Å². The smallest absolute Gasteiger partial charge is 0.254 e. The summed E-state index contributed by atoms with van der Waals surface area (Å²) >= 11 is 0. The molecule has 0 unspecified atom stereocenters. The molecular weight excluding hydrogens is 290 g/mol. The monoisotopic (exact) mass is 305 g/mol. The Hall–Kier alpha value is -3.22. The van der Waals surface area contributed by atoms with Crippen molar-refractivity contribution in [2.45, 2.75) is 6.92 Å². The van der Waals surface area contributed by atoms with Crippen molar-refractivity contribution >= 4 is 17.4 Å². The molecule has 1 aromatic carbocycles. The minimum Gasteiger partial charge on any atom is -0.323 e. The van der Waals surface area contributed by atoms with Gasteiger partial charge in [-0.1, -0.05) is 30.3 Å². The molecule has 0 aliphatic rings. The molecule has 0 spiro atoms. The third-order valence-corrected chi connectivity index (χ3v) is 3.69. The maximum atomic E-state index is 4.55. The Labute approximate surface area is 132 Å². The maximum absolute atomic E-state index is 4.55. The van der Waals surface area contributed by atoms with Gasteiger partial charge in [-0.3, -0.25) is 4.68 Å². The second kappa shape index (κ2) is 5.20. The summed E-state index contributed by atoms with van der Waals surface area (Å²) in [5, 5.41) is 11.9. The lowest BCUT2D eigenvalue weighted by atomic mass is 10.1. The highest BCUT2D eigenvalue weighted by molar-refractivity contribution is 5.67. The molecule has 0 aliphatic carbocycles. The predicted molar refractivity (Wildman–Crippen MR) is 87.4 cm³/mol. The molecule has 0 fully saturated rings. The standard InChI is InChI=1S/C16H15N7/c1-11-8-14(21-22(11)2)20-15-9-13(12-6-4-3-5-7-12)19-16-17-10-18-23(15)16/h3-10H,1-2H3,(H,20,21). The molecule has 3 aromatic heterocycles. The molecule has 0 bridgehead atoms. The Bertz CT molecular complexity index is 949. The fourth-order valence-corrected chi connectivity index (χ4v) is 2.41. The molecule has 0 saturated heterocycles. The van der Waals surface area contributed by atoms with E-state index in [1.165, 1.54) is 6.33 Å². The second-order valence-electron chi connectivity index (χ2n) is 5.28. The largest absolute Gasteiger partial charge is 0.323 e. The highest BCUT2D eigenvalue weighted by Gasteiger charge is 2.11. The Morgan fingerprint density at radius 2 is 1.91 bits per heavy atom. The van der Waals surface area contributed by atoms with Crippen molar-refractivity contribution in [2.75, 3.05) is 5.32 Å². The van der Waals surface area contributed by atoms with Gasteiger partial charge in [-0.15, -0.1) is 0 Å². The highest BCUT2D eigenvalue weighted by atomic mass is 15.4. The van der Waals surface area contributed by atoms with Crippen LogP contribution in [0.1, 0.15) is 5.69 Å². The number of anilines is 2. The van der Waals surface area contributed by atoms with E-state index >= 15 is 0 Å². The summed E-state index contributed by atoms with van der Waals surface area (Å²) in [6.45, 7) is 2.01. The Morgan fingerprint density at radius 3 is 2.65 bits per heavy atom. The number of aromatic nitrogens is 6. The number of nitrogens with zero attached hydrogens (tertiary/aromatic N) is 6. The maximum Gasteiger partial charge on any atom is 0.254 e. The second-order valence-corrected chi connectivity index (χ2v) is 5.28. The molecule has 7 heteroatoms. The predicted octanol–water partition coefficient (Wildman–Crippen LogP) is 2.58. The van der Waals surface area contributed by atoms with Crippen molar-refractivity contribution in [3.8, 4) is 11.3 Å². The van der Waals surface area contributed by atoms with Gasteiger partial charge in [-0.2, -0.15) is 19.7 Å². The number of aryl methyl sites for hydroxylation is 2. The fraction of sp³-hybridized carbons (Fsp3) is 0.125. The van der Waals surface area contributed by atoms with Crippen LogP contribution in [0.25, 0.3) is 17.0 Å². The van der Waals surface area contributed by atoms with Crippen LogP contribution in [-0.2, 0) is 7.05 Å². The number of benzene rings is 1. The topological polar surface area (TPSA) is 72.9 Å². The van der Waals surface area contributed by atoms with E-state index in [0.717, 1.165) is 28.6 Å². The van der Waals surface area contributed by atoms with Crippen molar-refractivity contribution < 1.29 is 0 Å². The SMILES string of the molecule is Cc1cc(Nc2cc(-c3ccccc3)nc3ncnn23)nn1C. The number of rotatable bonds is 3. The zero-order valence-electron chi connectivity index (χ0n) is 12.8. The molecule has 0 aliphatic heterocycles. The first-order chi connectivity index (χ1) is 11.2. The number of fused-ring (bicyclic) bond motifs is 1. The van der Waals surface area contributed by atoms with Crippen LogP contribution < -0.4 is 5.32 Å². The first-order valence-corrected chi connectivity index (χ1v) is 7.24. The summed E-state index contributed by atoms with van der Waals surface area (Å²) in [6.07, 6.45) is 1.49. The van der Waals surface area contributed by atoms with E-state index in [9.17, 15) is 0 Å². The van der Waals surface area contributed by atoms with E-state index in [1.54, 1.807) is 4.52 Å². The summed E-state index contributed by atoms with van der Waals surface area (Å²) < 4.78 is 3.48. The van der Waals surface area contributed by atoms with E-state index in [-0.39, 0.29) is 0 Å². The van der Waals surface area contributed by atoms with E-state index in [1.807, 2.05) is 61.1 Å². The van der Waals surface area contributed by atoms with Crippen LogP contribution in [0.3, 0.4) is 0 Å². The zero-order chi connectivity index (χ0) is 15.8. The van der Waals surface area contributed by atoms with Crippen molar-refractivity contribution in [3.05, 3.63) is 54.5 Å². The first-order valence-electron chi connectivity index (χ1n) is 7.24. The van der Waals surface area contributed by atoms with Crippen LogP contribution in [0.15, 0.2) is 48.8 Å². The van der Waals surface area contributed by atoms with Crippen LogP contribution >= 0.6 is 0 Å². The van der Waals surface area contributed by atoms with Gasteiger partial charge in [0.05, 0.1) is 5.69 Å². The zero-order valence-corrected chi connectivity index (χ0v) is 12.8.